The average Bonchev–Trinajstić information content (AvgIpc) is 2.88. The Kier molecular flexibility index (Phi) is 4.36. The third-order valence-corrected chi connectivity index (χ3v) is 4.32. The Balaban J connectivity index is 1.98. The molecule has 102 valence electrons. The fourth-order valence-electron chi connectivity index (χ4n) is 1.91. The van der Waals surface area contributed by atoms with Crippen LogP contribution in [-0.4, -0.2) is 28.4 Å². The Hall–Kier alpha value is -1.63. The van der Waals surface area contributed by atoms with Gasteiger partial charge in [-0.15, -0.1) is 0 Å². The molecule has 19 heavy (non-hydrogen) atoms. The maximum absolute atomic E-state index is 13.4. The van der Waals surface area contributed by atoms with Crippen molar-refractivity contribution in [2.24, 2.45) is 0 Å². The number of amides is 1. The van der Waals surface area contributed by atoms with Gasteiger partial charge in [-0.3, -0.25) is 14.9 Å². The molecule has 0 bridgehead atoms. The number of hydrogen-bond acceptors (Lipinski definition) is 4. The van der Waals surface area contributed by atoms with E-state index in [1.807, 2.05) is 11.8 Å². The SMILES string of the molecule is O=C(NCC1CCCS1)c1ccc([N+](=O)[O-])c(F)c1. The van der Waals surface area contributed by atoms with Gasteiger partial charge in [-0.1, -0.05) is 0 Å². The molecule has 1 unspecified atom stereocenters. The lowest BCUT2D eigenvalue weighted by Crippen LogP contribution is -2.29. The quantitative estimate of drug-likeness (QED) is 0.680. The molecule has 5 nitrogen and oxygen atoms in total. The minimum Gasteiger partial charge on any atom is -0.351 e. The molecule has 1 amide bonds. The number of nitrogens with one attached hydrogen (secondary N) is 1. The van der Waals surface area contributed by atoms with Crippen LogP contribution in [0.5, 0.6) is 0 Å². The lowest BCUT2D eigenvalue weighted by Gasteiger charge is -2.10. The van der Waals surface area contributed by atoms with Crippen LogP contribution in [0.1, 0.15) is 23.2 Å². The minimum atomic E-state index is -0.993. The summed E-state index contributed by atoms with van der Waals surface area (Å²) in [6.07, 6.45) is 2.22. The summed E-state index contributed by atoms with van der Waals surface area (Å²) in [5.41, 5.74) is -0.519. The molecule has 2 rings (SSSR count). The van der Waals surface area contributed by atoms with E-state index in [1.54, 1.807) is 0 Å². The van der Waals surface area contributed by atoms with Crippen LogP contribution in [0.15, 0.2) is 18.2 Å². The van der Waals surface area contributed by atoms with E-state index in [0.29, 0.717) is 11.8 Å². The molecule has 0 aromatic heterocycles. The summed E-state index contributed by atoms with van der Waals surface area (Å²) >= 11 is 1.81. The van der Waals surface area contributed by atoms with Crippen molar-refractivity contribution in [2.75, 3.05) is 12.3 Å². The monoisotopic (exact) mass is 284 g/mol. The molecular weight excluding hydrogens is 271 g/mol. The fraction of sp³-hybridized carbons (Fsp3) is 0.417. The average molecular weight is 284 g/mol. The lowest BCUT2D eigenvalue weighted by molar-refractivity contribution is -0.387. The largest absolute Gasteiger partial charge is 0.351 e. The number of carbonyl (C=O) groups is 1. The van der Waals surface area contributed by atoms with Gasteiger partial charge in [0, 0.05) is 23.4 Å². The number of thioether (sulfide) groups is 1. The van der Waals surface area contributed by atoms with E-state index in [4.69, 9.17) is 0 Å². The highest BCUT2D eigenvalue weighted by Gasteiger charge is 2.19. The van der Waals surface area contributed by atoms with Gasteiger partial charge in [0.05, 0.1) is 4.92 Å². The van der Waals surface area contributed by atoms with E-state index in [2.05, 4.69) is 5.32 Å². The van der Waals surface area contributed by atoms with Crippen molar-refractivity contribution in [3.63, 3.8) is 0 Å². The van der Waals surface area contributed by atoms with Gasteiger partial charge in [0.15, 0.2) is 0 Å². The minimum absolute atomic E-state index is 0.103. The van der Waals surface area contributed by atoms with Crippen molar-refractivity contribution in [3.8, 4) is 0 Å². The number of halogens is 1. The number of nitro benzene ring substituents is 1. The van der Waals surface area contributed by atoms with Crippen LogP contribution in [0.4, 0.5) is 10.1 Å². The molecule has 1 aromatic carbocycles. The number of carbonyl (C=O) groups excluding carboxylic acids is 1. The van der Waals surface area contributed by atoms with Crippen LogP contribution >= 0.6 is 11.8 Å². The Morgan fingerprint density at radius 3 is 2.95 bits per heavy atom. The highest BCUT2D eigenvalue weighted by molar-refractivity contribution is 8.00. The highest BCUT2D eigenvalue weighted by atomic mass is 32.2. The first-order valence-electron chi connectivity index (χ1n) is 5.91. The van der Waals surface area contributed by atoms with E-state index in [-0.39, 0.29) is 5.56 Å². The number of rotatable bonds is 4. The summed E-state index contributed by atoms with van der Waals surface area (Å²) in [5, 5.41) is 13.6. The molecule has 1 aliphatic rings. The van der Waals surface area contributed by atoms with Crippen LogP contribution in [0.25, 0.3) is 0 Å². The Labute approximate surface area is 113 Å². The number of nitro groups is 1. The summed E-state index contributed by atoms with van der Waals surface area (Å²) < 4.78 is 13.4. The Morgan fingerprint density at radius 2 is 2.37 bits per heavy atom. The second kappa shape index (κ2) is 6.01. The van der Waals surface area contributed by atoms with E-state index in [0.717, 1.165) is 30.7 Å². The molecule has 1 heterocycles. The van der Waals surface area contributed by atoms with Gasteiger partial charge in [-0.05, 0) is 30.7 Å². The van der Waals surface area contributed by atoms with Crippen molar-refractivity contribution in [1.29, 1.82) is 0 Å². The zero-order valence-corrected chi connectivity index (χ0v) is 10.9. The van der Waals surface area contributed by atoms with Gasteiger partial charge in [-0.2, -0.15) is 16.2 Å². The molecule has 1 aliphatic heterocycles. The number of nitrogens with zero attached hydrogens (tertiary/aromatic N) is 1. The first kappa shape index (κ1) is 13.8. The van der Waals surface area contributed by atoms with E-state index in [9.17, 15) is 19.3 Å². The van der Waals surface area contributed by atoms with Crippen LogP contribution in [0.3, 0.4) is 0 Å². The van der Waals surface area contributed by atoms with Gasteiger partial charge in [-0.25, -0.2) is 0 Å². The Bertz CT molecular complexity index is 504. The maximum Gasteiger partial charge on any atom is 0.304 e. The zero-order chi connectivity index (χ0) is 13.8. The van der Waals surface area contributed by atoms with E-state index in [1.165, 1.54) is 6.07 Å². The van der Waals surface area contributed by atoms with Gasteiger partial charge < -0.3 is 5.32 Å². The number of benzene rings is 1. The fourth-order valence-corrected chi connectivity index (χ4v) is 3.11. The molecule has 1 aromatic rings. The molecule has 0 aliphatic carbocycles. The van der Waals surface area contributed by atoms with Crippen LogP contribution < -0.4 is 5.32 Å². The second-order valence-electron chi connectivity index (χ2n) is 4.27. The van der Waals surface area contributed by atoms with E-state index < -0.39 is 22.3 Å². The summed E-state index contributed by atoms with van der Waals surface area (Å²) in [7, 11) is 0. The third kappa shape index (κ3) is 3.44. The summed E-state index contributed by atoms with van der Waals surface area (Å²) in [6, 6.07) is 3.17. The molecule has 0 saturated carbocycles. The Morgan fingerprint density at radius 1 is 1.58 bits per heavy atom. The summed E-state index contributed by atoms with van der Waals surface area (Å²) in [6.45, 7) is 0.544. The predicted molar refractivity (Wildman–Crippen MR) is 70.9 cm³/mol. The van der Waals surface area contributed by atoms with E-state index >= 15 is 0 Å². The van der Waals surface area contributed by atoms with Gasteiger partial charge in [0.2, 0.25) is 5.82 Å². The van der Waals surface area contributed by atoms with Gasteiger partial charge in [0.1, 0.15) is 0 Å². The normalized spacial score (nSPS) is 18.3. The van der Waals surface area contributed by atoms with Crippen LogP contribution in [0, 0.1) is 15.9 Å². The summed E-state index contributed by atoms with van der Waals surface area (Å²) in [4.78, 5) is 21.4. The standard InChI is InChI=1S/C12H13FN2O3S/c13-10-6-8(3-4-11(10)15(17)18)12(16)14-7-9-2-1-5-19-9/h3-4,6,9H,1-2,5,7H2,(H,14,16). The maximum atomic E-state index is 13.4. The highest BCUT2D eigenvalue weighted by Crippen LogP contribution is 2.25. The summed E-state index contributed by atoms with van der Waals surface area (Å²) in [5.74, 6) is -0.290. The van der Waals surface area contributed by atoms with Gasteiger partial charge in [0.25, 0.3) is 5.91 Å². The first-order chi connectivity index (χ1) is 9.08. The molecular formula is C12H13FN2O3S. The van der Waals surface area contributed by atoms with Crippen molar-refractivity contribution >= 4 is 23.4 Å². The molecule has 0 spiro atoms. The first-order valence-corrected chi connectivity index (χ1v) is 6.96. The second-order valence-corrected chi connectivity index (χ2v) is 5.68. The molecule has 1 saturated heterocycles. The molecule has 1 atom stereocenters. The topological polar surface area (TPSA) is 72.2 Å². The smallest absolute Gasteiger partial charge is 0.304 e. The zero-order valence-electron chi connectivity index (χ0n) is 10.1. The molecule has 1 fully saturated rings. The lowest BCUT2D eigenvalue weighted by atomic mass is 10.2. The van der Waals surface area contributed by atoms with Crippen LogP contribution in [0.2, 0.25) is 0 Å². The number of hydrogen-bond donors (Lipinski definition) is 1. The van der Waals surface area contributed by atoms with Crippen molar-refractivity contribution < 1.29 is 14.1 Å². The van der Waals surface area contributed by atoms with Gasteiger partial charge >= 0.3 is 5.69 Å². The predicted octanol–water partition coefficient (Wildman–Crippen LogP) is 2.36. The third-order valence-electron chi connectivity index (χ3n) is 2.92. The van der Waals surface area contributed by atoms with Crippen molar-refractivity contribution in [3.05, 3.63) is 39.7 Å². The van der Waals surface area contributed by atoms with Crippen molar-refractivity contribution in [1.82, 2.24) is 5.32 Å². The molecule has 0 radical (unpaired) electrons. The molecule has 1 N–H and O–H groups in total. The van der Waals surface area contributed by atoms with Crippen LogP contribution in [-0.2, 0) is 0 Å². The van der Waals surface area contributed by atoms with Crippen molar-refractivity contribution in [2.45, 2.75) is 18.1 Å². The molecule has 7 heteroatoms.